The minimum absolute atomic E-state index is 0.239. The van der Waals surface area contributed by atoms with Crippen LogP contribution >= 0.6 is 0 Å². The molecule has 1 atom stereocenters. The Labute approximate surface area is 121 Å². The van der Waals surface area contributed by atoms with Crippen LogP contribution in [0.1, 0.15) is 73.1 Å². The van der Waals surface area contributed by atoms with Crippen LogP contribution in [0.15, 0.2) is 0 Å². The predicted octanol–water partition coefficient (Wildman–Crippen LogP) is 4.06. The lowest BCUT2D eigenvalue weighted by Crippen LogP contribution is -2.48. The van der Waals surface area contributed by atoms with Crippen LogP contribution < -0.4 is 5.32 Å². The first kappa shape index (κ1) is 17.0. The summed E-state index contributed by atoms with van der Waals surface area (Å²) in [5.74, 6) is 0. The van der Waals surface area contributed by atoms with Crippen LogP contribution in [0.25, 0.3) is 0 Å². The largest absolute Gasteiger partial charge is 0.311 e. The summed E-state index contributed by atoms with van der Waals surface area (Å²) in [6.45, 7) is 13.9. The highest BCUT2D eigenvalue weighted by molar-refractivity contribution is 4.91. The van der Waals surface area contributed by atoms with E-state index in [9.17, 15) is 0 Å². The highest BCUT2D eigenvalue weighted by Crippen LogP contribution is 2.39. The van der Waals surface area contributed by atoms with Gasteiger partial charge in [0.25, 0.3) is 0 Å². The first-order valence-electron chi connectivity index (χ1n) is 8.23. The number of nitrogens with one attached hydrogen (secondary N) is 1. The molecule has 0 aromatic carbocycles. The Morgan fingerprint density at radius 2 is 1.79 bits per heavy atom. The summed E-state index contributed by atoms with van der Waals surface area (Å²) in [6, 6.07) is 0.720. The van der Waals surface area contributed by atoms with Crippen molar-refractivity contribution in [2.24, 2.45) is 5.41 Å². The first-order chi connectivity index (χ1) is 8.78. The van der Waals surface area contributed by atoms with E-state index >= 15 is 0 Å². The lowest BCUT2D eigenvalue weighted by molar-refractivity contribution is 0.129. The van der Waals surface area contributed by atoms with Gasteiger partial charge in [-0.05, 0) is 59.4 Å². The average molecular weight is 268 g/mol. The fourth-order valence-electron chi connectivity index (χ4n) is 3.29. The predicted molar refractivity (Wildman–Crippen MR) is 85.7 cm³/mol. The molecule has 114 valence electrons. The highest BCUT2D eigenvalue weighted by Gasteiger charge is 2.36. The maximum Gasteiger partial charge on any atom is 0.00967 e. The monoisotopic (exact) mass is 268 g/mol. The molecule has 0 bridgehead atoms. The van der Waals surface area contributed by atoms with Crippen molar-refractivity contribution in [3.63, 3.8) is 0 Å². The van der Waals surface area contributed by atoms with Crippen molar-refractivity contribution in [1.82, 2.24) is 10.2 Å². The summed E-state index contributed by atoms with van der Waals surface area (Å²) in [5.41, 5.74) is 0.757. The molecular weight excluding hydrogens is 232 g/mol. The van der Waals surface area contributed by atoms with Crippen LogP contribution in [-0.4, -0.2) is 36.6 Å². The van der Waals surface area contributed by atoms with Gasteiger partial charge >= 0.3 is 0 Å². The van der Waals surface area contributed by atoms with Crippen LogP contribution in [0.3, 0.4) is 0 Å². The lowest BCUT2D eigenvalue weighted by Gasteiger charge is -2.38. The Bertz CT molecular complexity index is 248. The Morgan fingerprint density at radius 3 is 2.26 bits per heavy atom. The maximum absolute atomic E-state index is 3.75. The normalized spacial score (nSPS) is 21.0. The van der Waals surface area contributed by atoms with Gasteiger partial charge in [0.1, 0.15) is 0 Å². The molecule has 0 saturated heterocycles. The molecule has 1 aliphatic rings. The van der Waals surface area contributed by atoms with E-state index in [1.54, 1.807) is 0 Å². The molecule has 2 nitrogen and oxygen atoms in total. The van der Waals surface area contributed by atoms with Gasteiger partial charge in [0, 0.05) is 24.7 Å². The molecule has 0 aromatic rings. The molecule has 19 heavy (non-hydrogen) atoms. The summed E-state index contributed by atoms with van der Waals surface area (Å²) in [5, 5.41) is 3.75. The van der Waals surface area contributed by atoms with Gasteiger partial charge in [0.15, 0.2) is 0 Å². The van der Waals surface area contributed by atoms with Crippen molar-refractivity contribution >= 4 is 0 Å². The van der Waals surface area contributed by atoms with Gasteiger partial charge in [-0.25, -0.2) is 0 Å². The Kier molecular flexibility index (Phi) is 6.32. The molecule has 1 unspecified atom stereocenters. The zero-order valence-corrected chi connectivity index (χ0v) is 14.2. The molecule has 0 aliphatic heterocycles. The first-order valence-corrected chi connectivity index (χ1v) is 8.23. The van der Waals surface area contributed by atoms with Crippen molar-refractivity contribution in [2.75, 3.05) is 20.1 Å². The van der Waals surface area contributed by atoms with Gasteiger partial charge < -0.3 is 10.2 Å². The van der Waals surface area contributed by atoms with Gasteiger partial charge in [-0.2, -0.15) is 0 Å². The molecule has 0 spiro atoms. The highest BCUT2D eigenvalue weighted by atomic mass is 15.1. The third kappa shape index (κ3) is 5.83. The van der Waals surface area contributed by atoms with E-state index in [2.05, 4.69) is 51.9 Å². The zero-order valence-electron chi connectivity index (χ0n) is 14.2. The molecule has 1 aliphatic carbocycles. The van der Waals surface area contributed by atoms with Crippen LogP contribution in [-0.2, 0) is 0 Å². The van der Waals surface area contributed by atoms with Crippen LogP contribution in [0.5, 0.6) is 0 Å². The molecule has 1 saturated carbocycles. The van der Waals surface area contributed by atoms with Crippen molar-refractivity contribution in [3.8, 4) is 0 Å². The molecule has 1 rings (SSSR count). The second kappa shape index (κ2) is 7.08. The van der Waals surface area contributed by atoms with Crippen molar-refractivity contribution < 1.29 is 0 Å². The number of hydrogen-bond acceptors (Lipinski definition) is 2. The molecule has 1 N–H and O–H groups in total. The summed E-state index contributed by atoms with van der Waals surface area (Å²) in [4.78, 5) is 2.60. The number of rotatable bonds is 7. The van der Waals surface area contributed by atoms with E-state index in [-0.39, 0.29) is 5.54 Å². The summed E-state index contributed by atoms with van der Waals surface area (Å²) < 4.78 is 0. The molecule has 2 heteroatoms. The minimum Gasteiger partial charge on any atom is -0.311 e. The van der Waals surface area contributed by atoms with Crippen LogP contribution in [0, 0.1) is 5.41 Å². The molecular formula is C17H36N2. The van der Waals surface area contributed by atoms with Gasteiger partial charge in [-0.15, -0.1) is 0 Å². The Hall–Kier alpha value is -0.0800. The fraction of sp³-hybridized carbons (Fsp3) is 1.00. The Morgan fingerprint density at radius 1 is 1.21 bits per heavy atom. The van der Waals surface area contributed by atoms with E-state index in [1.165, 1.54) is 51.6 Å². The molecule has 0 radical (unpaired) electrons. The SMILES string of the molecule is CCCC(C)N(C)CC1(CNC(C)(C)C)CCCC1. The van der Waals surface area contributed by atoms with E-state index in [1.807, 2.05) is 0 Å². The van der Waals surface area contributed by atoms with Crippen molar-refractivity contribution in [2.45, 2.75) is 84.7 Å². The topological polar surface area (TPSA) is 15.3 Å². The minimum atomic E-state index is 0.239. The second-order valence-corrected chi connectivity index (χ2v) is 7.86. The van der Waals surface area contributed by atoms with E-state index in [0.717, 1.165) is 6.04 Å². The fourth-order valence-corrected chi connectivity index (χ4v) is 3.29. The third-order valence-corrected chi connectivity index (χ3v) is 4.70. The quantitative estimate of drug-likeness (QED) is 0.749. The summed E-state index contributed by atoms with van der Waals surface area (Å²) in [7, 11) is 2.32. The number of nitrogens with zero attached hydrogens (tertiary/aromatic N) is 1. The zero-order chi connectivity index (χ0) is 14.5. The molecule has 0 heterocycles. The second-order valence-electron chi connectivity index (χ2n) is 7.86. The van der Waals surface area contributed by atoms with Crippen LogP contribution in [0.2, 0.25) is 0 Å². The van der Waals surface area contributed by atoms with Crippen molar-refractivity contribution in [1.29, 1.82) is 0 Å². The van der Waals surface area contributed by atoms with E-state index in [0.29, 0.717) is 5.41 Å². The summed E-state index contributed by atoms with van der Waals surface area (Å²) in [6.07, 6.45) is 8.25. The maximum atomic E-state index is 3.75. The summed E-state index contributed by atoms with van der Waals surface area (Å²) >= 11 is 0. The molecule has 1 fully saturated rings. The van der Waals surface area contributed by atoms with Gasteiger partial charge in [-0.1, -0.05) is 26.2 Å². The van der Waals surface area contributed by atoms with E-state index < -0.39 is 0 Å². The van der Waals surface area contributed by atoms with Crippen molar-refractivity contribution in [3.05, 3.63) is 0 Å². The smallest absolute Gasteiger partial charge is 0.00967 e. The van der Waals surface area contributed by atoms with Gasteiger partial charge in [0.05, 0.1) is 0 Å². The molecule has 0 aromatic heterocycles. The third-order valence-electron chi connectivity index (χ3n) is 4.70. The molecule has 0 amide bonds. The standard InChI is InChI=1S/C17H36N2/c1-7-10-15(2)19(6)14-17(11-8-9-12-17)13-18-16(3,4)5/h15,18H,7-14H2,1-6H3. The van der Waals surface area contributed by atoms with E-state index in [4.69, 9.17) is 0 Å². The van der Waals surface area contributed by atoms with Gasteiger partial charge in [-0.3, -0.25) is 0 Å². The lowest BCUT2D eigenvalue weighted by atomic mass is 9.84. The number of hydrogen-bond donors (Lipinski definition) is 1. The Balaban J connectivity index is 2.56. The van der Waals surface area contributed by atoms with Crippen LogP contribution in [0.4, 0.5) is 0 Å². The van der Waals surface area contributed by atoms with Gasteiger partial charge in [0.2, 0.25) is 0 Å². The average Bonchev–Trinajstić information content (AvgIpc) is 2.75.